The van der Waals surface area contributed by atoms with Crippen molar-refractivity contribution in [3.63, 3.8) is 0 Å². The van der Waals surface area contributed by atoms with Gasteiger partial charge in [0.2, 0.25) is 34.4 Å². The van der Waals surface area contributed by atoms with Crippen LogP contribution in [0.25, 0.3) is 45.8 Å². The number of hydrogen-bond acceptors (Lipinski definition) is 42. The van der Waals surface area contributed by atoms with Gasteiger partial charge >= 0.3 is 196 Å². The number of nitro groups is 2. The number of nitro benzene ring substituents is 2. The molecule has 59 heteroatoms. The van der Waals surface area contributed by atoms with Crippen molar-refractivity contribution in [2.45, 2.75) is 29.4 Å². The summed E-state index contributed by atoms with van der Waals surface area (Å²) >= 11 is 12.2. The molecule has 0 saturated carbocycles. The first-order chi connectivity index (χ1) is 56.2. The van der Waals surface area contributed by atoms with Gasteiger partial charge in [-0.1, -0.05) is 96.5 Å². The maximum Gasteiger partial charge on any atom is 3.00 e. The van der Waals surface area contributed by atoms with E-state index in [1.807, 2.05) is 0 Å². The quantitative estimate of drug-likeness (QED) is 0.00976. The zero-order chi connectivity index (χ0) is 87.5. The standard InChI is InChI=1S/2C34H23ClN8O14S3.Cr.6Na/c2*35-32-38-33(36-20-9-11-22-19(14-20)15-28(60(55,56)57)29(30(22)44)42-41-24-4-2-1-3-23(24)31(45)46)40-34(39-32)37-25-12-6-17(13-27(25)59(52,53)54)5-7-18-8-10-21(43(47)48)16-26(18)58(49,50)51;;;;;;;/h2*1-16,44H,(H,45,46)(H,49,50,51)(H,52,53,54)(H,55,56,57)(H2,36,37,38,39,40);;;;;;;/q;;+3;6*+1/p-9/b7-5+,42-41?;;;;;;;;. The summed E-state index contributed by atoms with van der Waals surface area (Å²) < 4.78 is 218. The van der Waals surface area contributed by atoms with E-state index < -0.39 is 180 Å². The first-order valence-electron chi connectivity index (χ1n) is 32.0. The molecular formula is C68H37Cl2CrN16Na6O28S6. The SMILES string of the molecule is O=C([O-])c1ccccc1N=Nc1c(S(=O)(=O)[O-])cc2cc(Nc3nc(Cl)nc(Nc4ccc(/C=C/c5ccc([N+](=O)[O-])cc5S(=O)(=O)[O-])cc4S(=O)(=O)[O-])n3)ccc2c1[O-].O=C([O-])c1ccccc1N=Nc1c(S(=O)(=O)[O-])cc2cc(Nc3nc(Cl)nc(Nc4ccc(C=Cc5ccc([N+](=O)[O-])cc5S(=O)(=O)[O-])cc4S(=O)(=O)[O-])n3)ccc2c1[O-].[Cr+3].[H+].[Na+].[Na+].[Na+].[Na+].[Na+].[Na+]. The summed E-state index contributed by atoms with van der Waals surface area (Å²) in [6, 6.07) is 30.9. The maximum absolute atomic E-state index is 13.4. The summed E-state index contributed by atoms with van der Waals surface area (Å²) in [5.74, 6) is -6.82. The van der Waals surface area contributed by atoms with Crippen molar-refractivity contribution in [1.29, 1.82) is 0 Å². The molecule has 0 spiro atoms. The molecule has 0 bridgehead atoms. The van der Waals surface area contributed by atoms with Gasteiger partial charge in [0.05, 0.1) is 85.3 Å². The van der Waals surface area contributed by atoms with Gasteiger partial charge in [-0.05, 0) is 152 Å². The van der Waals surface area contributed by atoms with Crippen LogP contribution in [-0.2, 0) is 78.1 Å². The molecule has 2 heterocycles. The number of carboxylic acid groups (broad SMARTS) is 2. The number of carbonyl (C=O) groups is 2. The van der Waals surface area contributed by atoms with E-state index in [1.165, 1.54) is 84.9 Å². The minimum absolute atomic E-state index is 0. The van der Waals surface area contributed by atoms with Crippen LogP contribution in [0, 0.1) is 20.2 Å². The zero-order valence-electron chi connectivity index (χ0n) is 65.9. The number of non-ortho nitro benzene ring substituents is 2. The fourth-order valence-corrected chi connectivity index (χ4v) is 15.1. The van der Waals surface area contributed by atoms with Crippen molar-refractivity contribution in [1.82, 2.24) is 29.9 Å². The normalized spacial score (nSPS) is 11.6. The number of nitrogens with one attached hydrogen (secondary N) is 4. The Balaban J connectivity index is 0.000000621. The third-order valence-electron chi connectivity index (χ3n) is 16.0. The predicted molar refractivity (Wildman–Crippen MR) is 405 cm³/mol. The Labute approximate surface area is 871 Å². The van der Waals surface area contributed by atoms with E-state index >= 15 is 0 Å². The first-order valence-corrected chi connectivity index (χ1v) is 41.2. The zero-order valence-corrected chi connectivity index (χ0v) is 84.6. The molecule has 127 heavy (non-hydrogen) atoms. The van der Waals surface area contributed by atoms with Gasteiger partial charge in [0.25, 0.3) is 11.4 Å². The topological polar surface area (TPSA) is 731 Å². The largest absolute Gasteiger partial charge is 3.00 e. The van der Waals surface area contributed by atoms with Crippen molar-refractivity contribution in [3.05, 3.63) is 234 Å². The molecule has 0 atom stereocenters. The number of fused-ring (bicyclic) bond motifs is 2. The minimum Gasteiger partial charge on any atom is -0.871 e. The van der Waals surface area contributed by atoms with Gasteiger partial charge in [-0.3, -0.25) is 20.2 Å². The molecule has 0 saturated heterocycles. The van der Waals surface area contributed by atoms with Crippen molar-refractivity contribution in [2.75, 3.05) is 21.3 Å². The summed E-state index contributed by atoms with van der Waals surface area (Å²) in [7, 11) is -31.6. The van der Waals surface area contributed by atoms with Crippen molar-refractivity contribution >= 4 is 222 Å². The van der Waals surface area contributed by atoms with Gasteiger partial charge in [0, 0.05) is 46.8 Å². The Morgan fingerprint density at radius 3 is 0.992 bits per heavy atom. The number of benzene rings is 10. The van der Waals surface area contributed by atoms with Crippen LogP contribution in [0.2, 0.25) is 10.6 Å². The smallest absolute Gasteiger partial charge is 0.871 e. The number of halogens is 2. The number of carboxylic acids is 2. The molecule has 0 aliphatic carbocycles. The monoisotopic (exact) mass is 1980 g/mol. The second-order valence-electron chi connectivity index (χ2n) is 23.9. The summed E-state index contributed by atoms with van der Waals surface area (Å²) in [6.45, 7) is 0. The van der Waals surface area contributed by atoms with Gasteiger partial charge in [-0.15, -0.1) is 20.5 Å². The number of aromatic carboxylic acids is 2. The van der Waals surface area contributed by atoms with Crippen molar-refractivity contribution in [3.8, 4) is 11.5 Å². The Bertz CT molecular complexity index is 6850. The van der Waals surface area contributed by atoms with Crippen LogP contribution in [0.4, 0.5) is 80.7 Å². The fraction of sp³-hybridized carbons (Fsp3) is 0. The Hall–Kier alpha value is -7.47. The van der Waals surface area contributed by atoms with Crippen LogP contribution >= 0.6 is 23.2 Å². The second kappa shape index (κ2) is 46.1. The van der Waals surface area contributed by atoms with E-state index in [2.05, 4.69) is 71.6 Å². The van der Waals surface area contributed by atoms with E-state index in [1.54, 1.807) is 0 Å². The molecule has 0 aliphatic rings. The molecule has 44 nitrogen and oxygen atoms in total. The molecular weight excluding hydrogens is 1940 g/mol. The molecule has 1 radical (unpaired) electrons. The van der Waals surface area contributed by atoms with E-state index in [0.29, 0.717) is 12.1 Å². The van der Waals surface area contributed by atoms with E-state index in [0.717, 1.165) is 97.1 Å². The number of aromatic nitrogens is 6. The fourth-order valence-electron chi connectivity index (χ4n) is 10.8. The maximum atomic E-state index is 13.4. The molecule has 0 amide bonds. The van der Waals surface area contributed by atoms with Crippen LogP contribution < -0.4 is 219 Å². The molecule has 619 valence electrons. The number of azo groups is 2. The van der Waals surface area contributed by atoms with Crippen LogP contribution in [0.15, 0.2) is 220 Å². The molecule has 4 N–H and O–H groups in total. The van der Waals surface area contributed by atoms with E-state index in [9.17, 15) is 128 Å². The van der Waals surface area contributed by atoms with Gasteiger partial charge in [-0.2, -0.15) is 29.9 Å². The van der Waals surface area contributed by atoms with Crippen molar-refractivity contribution in [2.24, 2.45) is 20.5 Å². The van der Waals surface area contributed by atoms with Crippen LogP contribution in [0.5, 0.6) is 11.5 Å². The van der Waals surface area contributed by atoms with E-state index in [-0.39, 0.29) is 286 Å². The van der Waals surface area contributed by atoms with Crippen molar-refractivity contribution < 1.29 is 314 Å². The van der Waals surface area contributed by atoms with Gasteiger partial charge in [0.1, 0.15) is 60.7 Å². The average Bonchev–Trinajstić information content (AvgIpc) is 0.762. The second-order valence-corrected chi connectivity index (χ2v) is 32.6. The summed E-state index contributed by atoms with van der Waals surface area (Å²) in [5, 5.41) is 95.4. The number of hydrogen-bond donors (Lipinski definition) is 4. The average molecular weight is 1980 g/mol. The molecule has 0 fully saturated rings. The molecule has 10 aromatic carbocycles. The molecule has 2 aromatic heterocycles. The minimum atomic E-state index is -5.37. The van der Waals surface area contributed by atoms with Crippen LogP contribution in [0.1, 0.15) is 44.4 Å². The molecule has 12 rings (SSSR count). The van der Waals surface area contributed by atoms with Crippen LogP contribution in [-0.4, -0.2) is 130 Å². The predicted octanol–water partition coefficient (Wildman–Crippen LogP) is -10.2. The molecule has 0 aliphatic heterocycles. The number of rotatable bonds is 26. The van der Waals surface area contributed by atoms with E-state index in [4.69, 9.17) is 23.2 Å². The molecule has 12 aromatic rings. The summed E-state index contributed by atoms with van der Waals surface area (Å²) in [6.07, 6.45) is 4.38. The Morgan fingerprint density at radius 2 is 0.685 bits per heavy atom. The molecule has 0 unspecified atom stereocenters. The summed E-state index contributed by atoms with van der Waals surface area (Å²) in [5.41, 5.74) is -5.66. The number of nitrogens with zero attached hydrogens (tertiary/aromatic N) is 12. The van der Waals surface area contributed by atoms with Gasteiger partial charge in [0.15, 0.2) is 0 Å². The first kappa shape index (κ1) is 112. The Kier molecular flexibility index (Phi) is 40.6. The Morgan fingerprint density at radius 1 is 0.370 bits per heavy atom. The van der Waals surface area contributed by atoms with Gasteiger partial charge in [-0.25, -0.2) is 50.5 Å². The van der Waals surface area contributed by atoms with Gasteiger partial charge < -0.3 is 78.6 Å². The van der Waals surface area contributed by atoms with Crippen LogP contribution in [0.3, 0.4) is 0 Å². The number of anilines is 8. The summed E-state index contributed by atoms with van der Waals surface area (Å²) in [4.78, 5) is 61.2. The third kappa shape index (κ3) is 28.8. The number of carbonyl (C=O) groups excluding carboxylic acids is 2. The third-order valence-corrected chi connectivity index (χ3v) is 21.6.